The highest BCUT2D eigenvalue weighted by Crippen LogP contribution is 2.24. The van der Waals surface area contributed by atoms with Gasteiger partial charge in [0.1, 0.15) is 73.0 Å². The SMILES string of the molecule is CC[C@H](C)[C@H](NC(=O)[C@H](Cc1c[nH]c2ccccc12)NC(=O)[C@H](CCC(N)=O)NC(=O)[C@H](Cc1c[nH]c2ccccc12)NC(=O)[C@H](CC(C)C)NC(=O)[C@H](C)NC(=O)[C@@H](NC(=O)[C@H](Cc1c[nH]c2ccccc12)NC(=O)[C@H](CCCNC(=N)N)NC(=O)[C@H](CCC(N)=O)NC(=O)[C@@H](N)CO)[C@@H](C)O)C(=O)NCC(=O)O. The highest BCUT2D eigenvalue weighted by atomic mass is 16.4. The Hall–Kier alpha value is -12.0. The topological polar surface area (TPSA) is 619 Å². The molecule has 3 heterocycles. The molecule has 0 aliphatic rings. The van der Waals surface area contributed by atoms with Crippen LogP contribution in [0.5, 0.6) is 0 Å². The van der Waals surface area contributed by atoms with E-state index in [2.05, 4.69) is 78.8 Å². The smallest absolute Gasteiger partial charge is 0.322 e. The lowest BCUT2D eigenvalue weighted by Gasteiger charge is -2.29. The number of aliphatic hydroxyl groups excluding tert-OH is 2. The first-order valence-electron chi connectivity index (χ1n) is 36.1. The van der Waals surface area contributed by atoms with Crippen molar-refractivity contribution in [1.82, 2.24) is 78.8 Å². The first-order valence-corrected chi connectivity index (χ1v) is 36.1. The van der Waals surface area contributed by atoms with Crippen LogP contribution >= 0.6 is 0 Å². The normalized spacial score (nSPS) is 14.9. The number of nitrogens with one attached hydrogen (secondary N) is 16. The quantitative estimate of drug-likeness (QED) is 0.0102. The lowest BCUT2D eigenvalue weighted by molar-refractivity contribution is -0.139. The molecule has 3 aromatic carbocycles. The predicted octanol–water partition coefficient (Wildman–Crippen LogP) is -3.19. The van der Waals surface area contributed by atoms with Gasteiger partial charge in [-0.15, -0.1) is 0 Å². The average Bonchev–Trinajstić information content (AvgIpc) is 1.53. The summed E-state index contributed by atoms with van der Waals surface area (Å²) in [5.74, 6) is -15.1. The fourth-order valence-electron chi connectivity index (χ4n) is 12.1. The Morgan fingerprint density at radius 1 is 0.455 bits per heavy atom. The van der Waals surface area contributed by atoms with E-state index in [9.17, 15) is 77.6 Å². The van der Waals surface area contributed by atoms with Gasteiger partial charge in [-0.05, 0) is 92.7 Å². The molecule has 0 radical (unpaired) electrons. The van der Waals surface area contributed by atoms with Gasteiger partial charge >= 0.3 is 5.97 Å². The van der Waals surface area contributed by atoms with E-state index >= 15 is 4.79 Å². The van der Waals surface area contributed by atoms with Crippen LogP contribution in [0.4, 0.5) is 0 Å². The first-order chi connectivity index (χ1) is 52.2. The number of para-hydroxylation sites is 3. The van der Waals surface area contributed by atoms with Crippen molar-refractivity contribution < 1.29 is 82.4 Å². The van der Waals surface area contributed by atoms with E-state index in [-0.39, 0.29) is 57.4 Å². The molecule has 0 saturated carbocycles. The zero-order valence-corrected chi connectivity index (χ0v) is 62.0. The molecule has 0 unspecified atom stereocenters. The van der Waals surface area contributed by atoms with Crippen molar-refractivity contribution in [2.75, 3.05) is 19.7 Å². The number of rotatable bonds is 45. The largest absolute Gasteiger partial charge is 0.480 e. The molecule has 13 amide bonds. The average molecular weight is 1530 g/mol. The molecule has 0 saturated heterocycles. The van der Waals surface area contributed by atoms with Gasteiger partial charge in [0.2, 0.25) is 76.8 Å². The maximum absolute atomic E-state index is 15.1. The zero-order chi connectivity index (χ0) is 81.1. The van der Waals surface area contributed by atoms with Crippen molar-refractivity contribution in [2.45, 2.75) is 185 Å². The number of benzene rings is 3. The highest BCUT2D eigenvalue weighted by molar-refractivity contribution is 6.01. The number of guanidine groups is 1. The number of nitrogens with two attached hydrogens (primary N) is 4. The van der Waals surface area contributed by atoms with Gasteiger partial charge < -0.3 is 117 Å². The Balaban J connectivity index is 1.25. The fraction of sp³-hybridized carbons (Fsp3) is 0.466. The summed E-state index contributed by atoms with van der Waals surface area (Å²) in [6.45, 7) is 7.73. The Morgan fingerprint density at radius 2 is 0.827 bits per heavy atom. The number of aliphatic hydroxyl groups is 2. The number of amides is 13. The van der Waals surface area contributed by atoms with Gasteiger partial charge in [-0.1, -0.05) is 88.7 Å². The van der Waals surface area contributed by atoms with Crippen molar-refractivity contribution in [2.24, 2.45) is 34.8 Å². The summed E-state index contributed by atoms with van der Waals surface area (Å²) >= 11 is 0. The molecule has 27 N–H and O–H groups in total. The first kappa shape index (κ1) is 86.9. The fourth-order valence-corrected chi connectivity index (χ4v) is 12.1. The van der Waals surface area contributed by atoms with Gasteiger partial charge in [-0.25, -0.2) is 0 Å². The molecular formula is C73H102N20O17. The summed E-state index contributed by atoms with van der Waals surface area (Å²) in [4.78, 5) is 203. The molecule has 37 heteroatoms. The van der Waals surface area contributed by atoms with Crippen LogP contribution in [0.25, 0.3) is 32.7 Å². The minimum atomic E-state index is -1.87. The number of aromatic nitrogens is 3. The number of H-pyrrole nitrogens is 3. The Bertz CT molecular complexity index is 4270. The summed E-state index contributed by atoms with van der Waals surface area (Å²) in [7, 11) is 0. The van der Waals surface area contributed by atoms with Crippen LogP contribution in [0.1, 0.15) is 110 Å². The Morgan fingerprint density at radius 3 is 1.22 bits per heavy atom. The van der Waals surface area contributed by atoms with Crippen molar-refractivity contribution in [1.29, 1.82) is 5.41 Å². The molecule has 0 spiro atoms. The number of hydrogen-bond acceptors (Lipinski definition) is 18. The van der Waals surface area contributed by atoms with Gasteiger partial charge in [-0.3, -0.25) is 72.5 Å². The maximum atomic E-state index is 15.1. The van der Waals surface area contributed by atoms with Crippen LogP contribution in [0.2, 0.25) is 0 Å². The van der Waals surface area contributed by atoms with E-state index in [0.717, 1.165) is 6.92 Å². The summed E-state index contributed by atoms with van der Waals surface area (Å²) in [5, 5.41) is 70.3. The van der Waals surface area contributed by atoms with Gasteiger partial charge in [0.05, 0.1) is 12.7 Å². The van der Waals surface area contributed by atoms with Crippen LogP contribution in [-0.4, -0.2) is 211 Å². The number of primary amides is 2. The number of aromatic amines is 3. The molecule has 596 valence electrons. The van der Waals surface area contributed by atoms with E-state index in [4.69, 9.17) is 28.3 Å². The van der Waals surface area contributed by atoms with Crippen LogP contribution in [0.15, 0.2) is 91.4 Å². The molecule has 0 bridgehead atoms. The van der Waals surface area contributed by atoms with Crippen molar-refractivity contribution >= 4 is 121 Å². The zero-order valence-electron chi connectivity index (χ0n) is 62.0. The predicted molar refractivity (Wildman–Crippen MR) is 403 cm³/mol. The number of carboxylic acids is 1. The summed E-state index contributed by atoms with van der Waals surface area (Å²) in [6, 6.07) is 4.04. The molecule has 0 fully saturated rings. The molecule has 6 aromatic rings. The molecule has 3 aromatic heterocycles. The Labute approximate surface area is 632 Å². The molecule has 13 atom stereocenters. The van der Waals surface area contributed by atoms with E-state index < -0.39 is 200 Å². The third-order valence-corrected chi connectivity index (χ3v) is 18.3. The third-order valence-electron chi connectivity index (χ3n) is 18.3. The molecule has 6 rings (SSSR count). The molecule has 37 nitrogen and oxygen atoms in total. The van der Waals surface area contributed by atoms with Gasteiger partial charge in [0, 0.05) is 89.9 Å². The van der Waals surface area contributed by atoms with Gasteiger partial charge in [0.15, 0.2) is 5.96 Å². The monoisotopic (exact) mass is 1530 g/mol. The highest BCUT2D eigenvalue weighted by Gasteiger charge is 2.38. The van der Waals surface area contributed by atoms with E-state index in [1.165, 1.54) is 6.92 Å². The van der Waals surface area contributed by atoms with Crippen LogP contribution in [0, 0.1) is 17.2 Å². The standard InChI is InChI=1S/C73H102N20O17/c1-7-37(4)60(71(109)83-34-59(98)99)92-69(107)55(29-41-32-81-48-19-12-9-16-44(41)48)90-66(104)52(23-25-58(76)97)87-68(106)54(28-40-31-80-47-18-11-8-15-43(40)47)91-67(105)53(27-36(2)3)88-62(100)38(5)84-72(110)61(39(6)95)93-70(108)56(30-42-33-82-49-20-13-10-17-45(42)49)89-64(102)50(21-14-26-79-73(77)78)86-65(103)51(22-24-57(75)96)85-63(101)46(74)35-94/h8-13,15-20,31-33,36-39,46,50-56,60-61,80-82,94-95H,7,14,21-30,34-35,74H2,1-6H3,(H2,75,96)(H2,76,97)(H,83,109)(H,84,110)(H,85,101)(H,86,103)(H,87,106)(H,88,100)(H,89,102)(H,90,104)(H,91,105)(H,92,107)(H,93,108)(H,98,99)(H4,77,78,79)/t37-,38-,39+,46-,50-,51-,52-,53-,54-,55-,56-,60-,61-/m0/s1. The summed E-state index contributed by atoms with van der Waals surface area (Å²) < 4.78 is 0. The number of carbonyl (C=O) groups excluding carboxylic acids is 13. The van der Waals surface area contributed by atoms with Gasteiger partial charge in [0.25, 0.3) is 0 Å². The minimum absolute atomic E-state index is 0.0154. The second-order valence-corrected chi connectivity index (χ2v) is 27.5. The molecule has 0 aliphatic heterocycles. The second-order valence-electron chi connectivity index (χ2n) is 27.5. The minimum Gasteiger partial charge on any atom is -0.480 e. The van der Waals surface area contributed by atoms with Crippen molar-refractivity contribution in [3.8, 4) is 0 Å². The maximum Gasteiger partial charge on any atom is 0.322 e. The molecule has 110 heavy (non-hydrogen) atoms. The third kappa shape index (κ3) is 26.2. The number of carboxylic acid groups (broad SMARTS) is 1. The number of fused-ring (bicyclic) bond motifs is 3. The van der Waals surface area contributed by atoms with E-state index in [1.807, 2.05) is 0 Å². The van der Waals surface area contributed by atoms with E-state index in [1.54, 1.807) is 119 Å². The molecular weight excluding hydrogens is 1430 g/mol. The van der Waals surface area contributed by atoms with E-state index in [0.29, 0.717) is 55.8 Å². The second kappa shape index (κ2) is 41.9. The number of aliphatic carboxylic acids is 1. The lowest BCUT2D eigenvalue weighted by atomic mass is 9.97. The van der Waals surface area contributed by atoms with Crippen molar-refractivity contribution in [3.63, 3.8) is 0 Å². The van der Waals surface area contributed by atoms with Crippen LogP contribution in [-0.2, 0) is 86.4 Å². The summed E-state index contributed by atoms with van der Waals surface area (Å²) in [6.07, 6.45) is 0.788. The van der Waals surface area contributed by atoms with Crippen LogP contribution in [0.3, 0.4) is 0 Å². The summed E-state index contributed by atoms with van der Waals surface area (Å²) in [5.41, 5.74) is 25.7. The Kier molecular flexibility index (Phi) is 33.1. The van der Waals surface area contributed by atoms with Gasteiger partial charge in [-0.2, -0.15) is 0 Å². The lowest BCUT2D eigenvalue weighted by Crippen LogP contribution is -2.62. The van der Waals surface area contributed by atoms with Crippen LogP contribution < -0.4 is 86.7 Å². The number of carbonyl (C=O) groups is 14. The van der Waals surface area contributed by atoms with Crippen molar-refractivity contribution in [3.05, 3.63) is 108 Å². The molecule has 0 aliphatic carbocycles. The number of hydrogen-bond donors (Lipinski definition) is 23.